The first-order valence-corrected chi connectivity index (χ1v) is 9.71. The van der Waals surface area contributed by atoms with E-state index < -0.39 is 0 Å². The Hall–Kier alpha value is -1.77. The second-order valence-electron chi connectivity index (χ2n) is 6.83. The summed E-state index contributed by atoms with van der Waals surface area (Å²) in [6.45, 7) is 9.35. The van der Waals surface area contributed by atoms with E-state index in [1.807, 2.05) is 19.2 Å². The SMILES string of the molecule is Cc1noc(C)c1CO[C@H]1CCOC[C@H]1NC(=O)c1nc(C(C)C)cs1. The highest BCUT2D eigenvalue weighted by molar-refractivity contribution is 7.11. The monoisotopic (exact) mass is 379 g/mol. The van der Waals surface area contributed by atoms with Crippen LogP contribution in [0.3, 0.4) is 0 Å². The van der Waals surface area contributed by atoms with Crippen LogP contribution in [-0.2, 0) is 16.1 Å². The lowest BCUT2D eigenvalue weighted by Crippen LogP contribution is -2.50. The van der Waals surface area contributed by atoms with Gasteiger partial charge in [0.1, 0.15) is 5.76 Å². The van der Waals surface area contributed by atoms with Crippen molar-refractivity contribution in [3.05, 3.63) is 33.1 Å². The summed E-state index contributed by atoms with van der Waals surface area (Å²) in [5.41, 5.74) is 2.73. The molecule has 1 aliphatic rings. The normalized spacial score (nSPS) is 20.5. The molecule has 0 saturated carbocycles. The Morgan fingerprint density at radius 3 is 2.92 bits per heavy atom. The minimum absolute atomic E-state index is 0.120. The largest absolute Gasteiger partial charge is 0.379 e. The molecule has 0 radical (unpaired) electrons. The molecule has 1 amide bonds. The van der Waals surface area contributed by atoms with E-state index in [1.54, 1.807) is 0 Å². The van der Waals surface area contributed by atoms with Gasteiger partial charge in [0.05, 0.1) is 36.7 Å². The predicted octanol–water partition coefficient (Wildman–Crippen LogP) is 2.98. The van der Waals surface area contributed by atoms with Gasteiger partial charge in [0.2, 0.25) is 0 Å². The van der Waals surface area contributed by atoms with Crippen molar-refractivity contribution < 1.29 is 18.8 Å². The Kier molecular flexibility index (Phi) is 6.05. The standard InChI is InChI=1S/C18H25N3O4S/c1-10(2)15-9-26-18(20-15)17(22)19-14-8-23-6-5-16(14)24-7-13-11(3)21-25-12(13)4/h9-10,14,16H,5-8H2,1-4H3,(H,19,22)/t14-,16+/m1/s1. The Labute approximate surface area is 157 Å². The smallest absolute Gasteiger partial charge is 0.280 e. The lowest BCUT2D eigenvalue weighted by molar-refractivity contribution is -0.0608. The van der Waals surface area contributed by atoms with Crippen LogP contribution in [0.4, 0.5) is 0 Å². The lowest BCUT2D eigenvalue weighted by atomic mass is 10.1. The number of aryl methyl sites for hydroxylation is 2. The molecule has 0 spiro atoms. The molecule has 3 rings (SSSR count). The highest BCUT2D eigenvalue weighted by atomic mass is 32.1. The predicted molar refractivity (Wildman–Crippen MR) is 97.4 cm³/mol. The first-order chi connectivity index (χ1) is 12.5. The number of thiazole rings is 1. The Bertz CT molecular complexity index is 736. The van der Waals surface area contributed by atoms with Crippen LogP contribution in [-0.4, -0.2) is 41.4 Å². The van der Waals surface area contributed by atoms with E-state index in [2.05, 4.69) is 29.3 Å². The van der Waals surface area contributed by atoms with Crippen molar-refractivity contribution in [2.24, 2.45) is 0 Å². The summed E-state index contributed by atoms with van der Waals surface area (Å²) >= 11 is 1.37. The highest BCUT2D eigenvalue weighted by Gasteiger charge is 2.29. The molecule has 7 nitrogen and oxygen atoms in total. The second kappa shape index (κ2) is 8.28. The maximum atomic E-state index is 12.5. The van der Waals surface area contributed by atoms with Gasteiger partial charge in [-0.3, -0.25) is 4.79 Å². The zero-order valence-corrected chi connectivity index (χ0v) is 16.4. The fraction of sp³-hybridized carbons (Fsp3) is 0.611. The Morgan fingerprint density at radius 1 is 1.46 bits per heavy atom. The van der Waals surface area contributed by atoms with Gasteiger partial charge in [-0.05, 0) is 26.2 Å². The summed E-state index contributed by atoms with van der Waals surface area (Å²) in [7, 11) is 0. The lowest BCUT2D eigenvalue weighted by Gasteiger charge is -2.31. The van der Waals surface area contributed by atoms with Crippen LogP contribution in [0.2, 0.25) is 0 Å². The van der Waals surface area contributed by atoms with Crippen LogP contribution in [0, 0.1) is 13.8 Å². The van der Waals surface area contributed by atoms with Crippen LogP contribution >= 0.6 is 11.3 Å². The van der Waals surface area contributed by atoms with Crippen LogP contribution < -0.4 is 5.32 Å². The van der Waals surface area contributed by atoms with Gasteiger partial charge in [-0.25, -0.2) is 4.98 Å². The summed E-state index contributed by atoms with van der Waals surface area (Å²) in [4.78, 5) is 17.0. The number of rotatable bonds is 6. The van der Waals surface area contributed by atoms with Crippen molar-refractivity contribution in [3.8, 4) is 0 Å². The number of nitrogens with one attached hydrogen (secondary N) is 1. The minimum atomic E-state index is -0.205. The third-order valence-corrected chi connectivity index (χ3v) is 5.40. The van der Waals surface area contributed by atoms with Gasteiger partial charge in [-0.2, -0.15) is 0 Å². The first-order valence-electron chi connectivity index (χ1n) is 8.83. The average Bonchev–Trinajstić information content (AvgIpc) is 3.22. The number of ether oxygens (including phenoxy) is 2. The van der Waals surface area contributed by atoms with Crippen molar-refractivity contribution in [2.45, 2.75) is 58.8 Å². The molecule has 8 heteroatoms. The molecular weight excluding hydrogens is 354 g/mol. The molecule has 0 aromatic carbocycles. The van der Waals surface area contributed by atoms with Crippen LogP contribution in [0.25, 0.3) is 0 Å². The van der Waals surface area contributed by atoms with Crippen LogP contribution in [0.1, 0.15) is 58.7 Å². The van der Waals surface area contributed by atoms with Gasteiger partial charge in [-0.15, -0.1) is 11.3 Å². The van der Waals surface area contributed by atoms with Crippen molar-refractivity contribution in [1.29, 1.82) is 0 Å². The van der Waals surface area contributed by atoms with E-state index in [0.717, 1.165) is 29.1 Å². The topological polar surface area (TPSA) is 86.5 Å². The summed E-state index contributed by atoms with van der Waals surface area (Å²) in [5.74, 6) is 0.888. The quantitative estimate of drug-likeness (QED) is 0.830. The van der Waals surface area contributed by atoms with Crippen LogP contribution in [0.5, 0.6) is 0 Å². The molecule has 0 aliphatic carbocycles. The van der Waals surface area contributed by atoms with Gasteiger partial charge in [0.15, 0.2) is 5.01 Å². The van der Waals surface area contributed by atoms with Crippen molar-refractivity contribution in [3.63, 3.8) is 0 Å². The fourth-order valence-electron chi connectivity index (χ4n) is 2.84. The number of hydrogen-bond donors (Lipinski definition) is 1. The van der Waals surface area contributed by atoms with E-state index in [-0.39, 0.29) is 18.1 Å². The van der Waals surface area contributed by atoms with Gasteiger partial charge in [0, 0.05) is 17.6 Å². The molecule has 3 heterocycles. The van der Waals surface area contributed by atoms with Gasteiger partial charge in [0.25, 0.3) is 5.91 Å². The highest BCUT2D eigenvalue weighted by Crippen LogP contribution is 2.20. The summed E-state index contributed by atoms with van der Waals surface area (Å²) < 4.78 is 16.8. The third-order valence-electron chi connectivity index (χ3n) is 4.54. The average molecular weight is 379 g/mol. The zero-order valence-electron chi connectivity index (χ0n) is 15.6. The fourth-order valence-corrected chi connectivity index (χ4v) is 3.72. The van der Waals surface area contributed by atoms with Crippen LogP contribution in [0.15, 0.2) is 9.90 Å². The summed E-state index contributed by atoms with van der Waals surface area (Å²) in [5, 5.41) is 9.37. The van der Waals surface area contributed by atoms with E-state index in [9.17, 15) is 4.79 Å². The molecule has 1 N–H and O–H groups in total. The van der Waals surface area contributed by atoms with Crippen molar-refractivity contribution >= 4 is 17.2 Å². The number of amides is 1. The van der Waals surface area contributed by atoms with E-state index >= 15 is 0 Å². The molecule has 1 fully saturated rings. The number of carbonyl (C=O) groups excluding carboxylic acids is 1. The van der Waals surface area contributed by atoms with Crippen molar-refractivity contribution in [2.75, 3.05) is 13.2 Å². The molecule has 2 atom stereocenters. The summed E-state index contributed by atoms with van der Waals surface area (Å²) in [6, 6.07) is -0.205. The number of hydrogen-bond acceptors (Lipinski definition) is 7. The van der Waals surface area contributed by atoms with Gasteiger partial charge < -0.3 is 19.3 Å². The molecule has 142 valence electrons. The van der Waals surface area contributed by atoms with Crippen molar-refractivity contribution in [1.82, 2.24) is 15.5 Å². The Balaban J connectivity index is 1.62. The first kappa shape index (κ1) is 19.0. The molecule has 2 aromatic rings. The molecule has 0 unspecified atom stereocenters. The maximum Gasteiger partial charge on any atom is 0.280 e. The minimum Gasteiger partial charge on any atom is -0.379 e. The third kappa shape index (κ3) is 4.31. The Morgan fingerprint density at radius 2 is 2.27 bits per heavy atom. The molecule has 2 aromatic heterocycles. The van der Waals surface area contributed by atoms with E-state index in [1.165, 1.54) is 11.3 Å². The number of aromatic nitrogens is 2. The zero-order chi connectivity index (χ0) is 18.7. The van der Waals surface area contributed by atoms with E-state index in [0.29, 0.717) is 30.7 Å². The molecule has 0 bridgehead atoms. The second-order valence-corrected chi connectivity index (χ2v) is 7.69. The molecule has 26 heavy (non-hydrogen) atoms. The van der Waals surface area contributed by atoms with E-state index in [4.69, 9.17) is 14.0 Å². The van der Waals surface area contributed by atoms with Gasteiger partial charge >= 0.3 is 0 Å². The maximum absolute atomic E-state index is 12.5. The van der Waals surface area contributed by atoms with Gasteiger partial charge in [-0.1, -0.05) is 19.0 Å². The molecule has 1 aliphatic heterocycles. The number of carbonyl (C=O) groups is 1. The molecular formula is C18H25N3O4S. The molecule has 1 saturated heterocycles. The number of nitrogens with zero attached hydrogens (tertiary/aromatic N) is 2. The summed E-state index contributed by atoms with van der Waals surface area (Å²) in [6.07, 6.45) is 0.606.